The topological polar surface area (TPSA) is 78.6 Å². The Balaban J connectivity index is 3.33. The van der Waals surface area contributed by atoms with Crippen LogP contribution in [0.1, 0.15) is 13.9 Å². The van der Waals surface area contributed by atoms with Gasteiger partial charge in [-0.05, 0) is 25.1 Å². The van der Waals surface area contributed by atoms with Crippen molar-refractivity contribution in [2.75, 3.05) is 20.0 Å². The van der Waals surface area contributed by atoms with E-state index in [2.05, 4.69) is 0 Å². The fraction of sp³-hybridized carbons (Fsp3) is 0.333. The zero-order chi connectivity index (χ0) is 14.6. The molecule has 0 spiro atoms. The standard InChI is InChI=1S/C12H17NO4S/c1-4-17-12-7-9(5-6-11(12)16-2)10(13)8-18(3,14)15/h5-8H,4,13H2,1-3H3/i8D. The van der Waals surface area contributed by atoms with Gasteiger partial charge in [0.2, 0.25) is 0 Å². The minimum absolute atomic E-state index is 0.119. The average Bonchev–Trinajstić information content (AvgIpc) is 2.36. The van der Waals surface area contributed by atoms with Crippen molar-refractivity contribution in [2.24, 2.45) is 5.73 Å². The summed E-state index contributed by atoms with van der Waals surface area (Å²) < 4.78 is 40.6. The van der Waals surface area contributed by atoms with Crippen molar-refractivity contribution < 1.29 is 19.3 Å². The van der Waals surface area contributed by atoms with Crippen molar-refractivity contribution in [2.45, 2.75) is 6.92 Å². The van der Waals surface area contributed by atoms with Gasteiger partial charge >= 0.3 is 0 Å². The summed E-state index contributed by atoms with van der Waals surface area (Å²) in [5.41, 5.74) is 5.98. The molecule has 0 radical (unpaired) electrons. The number of benzene rings is 1. The highest BCUT2D eigenvalue weighted by Gasteiger charge is 2.08. The Bertz CT molecular complexity index is 596. The maximum absolute atomic E-state index is 11.3. The largest absolute Gasteiger partial charge is 0.493 e. The third kappa shape index (κ3) is 3.96. The van der Waals surface area contributed by atoms with E-state index in [0.717, 1.165) is 6.26 Å². The molecule has 100 valence electrons. The lowest BCUT2D eigenvalue weighted by molar-refractivity contribution is 0.311. The summed E-state index contributed by atoms with van der Waals surface area (Å²) in [7, 11) is -2.14. The van der Waals surface area contributed by atoms with Crippen molar-refractivity contribution in [3.8, 4) is 11.5 Å². The Hall–Kier alpha value is -1.69. The van der Waals surface area contributed by atoms with Gasteiger partial charge in [-0.1, -0.05) is 0 Å². The molecule has 0 aliphatic heterocycles. The first-order chi connectivity index (χ1) is 8.81. The lowest BCUT2D eigenvalue weighted by Gasteiger charge is -2.11. The van der Waals surface area contributed by atoms with Gasteiger partial charge in [-0.3, -0.25) is 0 Å². The minimum atomic E-state index is -3.64. The van der Waals surface area contributed by atoms with E-state index in [-0.39, 0.29) is 5.70 Å². The van der Waals surface area contributed by atoms with Gasteiger partial charge in [0.25, 0.3) is 0 Å². The lowest BCUT2D eigenvalue weighted by Crippen LogP contribution is -2.02. The van der Waals surface area contributed by atoms with Crippen LogP contribution in [0.4, 0.5) is 0 Å². The van der Waals surface area contributed by atoms with Crippen molar-refractivity contribution in [3.05, 3.63) is 29.1 Å². The van der Waals surface area contributed by atoms with Gasteiger partial charge in [0.05, 0.1) is 26.2 Å². The monoisotopic (exact) mass is 272 g/mol. The van der Waals surface area contributed by atoms with Crippen LogP contribution in [0.5, 0.6) is 11.5 Å². The highest BCUT2D eigenvalue weighted by atomic mass is 32.2. The number of hydrogen-bond donors (Lipinski definition) is 1. The van der Waals surface area contributed by atoms with E-state index in [1.54, 1.807) is 18.2 Å². The summed E-state index contributed by atoms with van der Waals surface area (Å²) >= 11 is 0. The molecule has 2 N–H and O–H groups in total. The molecule has 0 aromatic heterocycles. The third-order valence-corrected chi connectivity index (χ3v) is 2.66. The Morgan fingerprint density at radius 2 is 2.17 bits per heavy atom. The number of sulfone groups is 1. The Kier molecular flexibility index (Phi) is 4.09. The smallest absolute Gasteiger partial charge is 0.170 e. The van der Waals surface area contributed by atoms with Crippen molar-refractivity contribution in [1.82, 2.24) is 0 Å². The molecule has 0 bridgehead atoms. The van der Waals surface area contributed by atoms with E-state index >= 15 is 0 Å². The number of ether oxygens (including phenoxy) is 2. The lowest BCUT2D eigenvalue weighted by atomic mass is 10.1. The number of nitrogens with two attached hydrogens (primary N) is 1. The summed E-state index contributed by atoms with van der Waals surface area (Å²) in [4.78, 5) is 0. The van der Waals surface area contributed by atoms with E-state index in [1.165, 1.54) is 7.11 Å². The average molecular weight is 272 g/mol. The molecule has 0 aliphatic carbocycles. The number of methoxy groups -OCH3 is 1. The molecule has 1 rings (SSSR count). The molecule has 0 saturated carbocycles. The Labute approximate surface area is 109 Å². The maximum Gasteiger partial charge on any atom is 0.170 e. The van der Waals surface area contributed by atoms with Crippen LogP contribution < -0.4 is 15.2 Å². The van der Waals surface area contributed by atoms with Crippen LogP contribution >= 0.6 is 0 Å². The molecular formula is C12H17NO4S. The van der Waals surface area contributed by atoms with Crippen LogP contribution in [0.2, 0.25) is 0 Å². The van der Waals surface area contributed by atoms with E-state index in [9.17, 15) is 8.42 Å². The van der Waals surface area contributed by atoms with Crippen molar-refractivity contribution >= 4 is 15.5 Å². The van der Waals surface area contributed by atoms with Crippen LogP contribution in [-0.2, 0) is 9.84 Å². The molecule has 1 aromatic rings. The van der Waals surface area contributed by atoms with Gasteiger partial charge in [-0.25, -0.2) is 8.42 Å². The molecule has 0 atom stereocenters. The summed E-state index contributed by atoms with van der Waals surface area (Å²) in [6.07, 6.45) is 0.940. The molecule has 0 aliphatic rings. The highest BCUT2D eigenvalue weighted by molar-refractivity contribution is 7.93. The Morgan fingerprint density at radius 3 is 2.67 bits per heavy atom. The van der Waals surface area contributed by atoms with Gasteiger partial charge in [-0.2, -0.15) is 0 Å². The molecule has 0 fully saturated rings. The highest BCUT2D eigenvalue weighted by Crippen LogP contribution is 2.29. The first-order valence-corrected chi connectivity index (χ1v) is 7.18. The summed E-state index contributed by atoms with van der Waals surface area (Å²) in [5.74, 6) is 0.969. The zero-order valence-electron chi connectivity index (χ0n) is 11.6. The third-order valence-electron chi connectivity index (χ3n) is 2.07. The quantitative estimate of drug-likeness (QED) is 0.876. The molecule has 5 nitrogen and oxygen atoms in total. The first-order valence-electron chi connectivity index (χ1n) is 5.78. The SMILES string of the molecule is [2H]C(=C(N)c1ccc(OC)c(OCC)c1)S(C)(=O)=O. The fourth-order valence-electron chi connectivity index (χ4n) is 1.37. The van der Waals surface area contributed by atoms with E-state index < -0.39 is 15.2 Å². The predicted octanol–water partition coefficient (Wildman–Crippen LogP) is 1.40. The molecule has 0 heterocycles. The minimum Gasteiger partial charge on any atom is -0.493 e. The predicted molar refractivity (Wildman–Crippen MR) is 71.2 cm³/mol. The van der Waals surface area contributed by atoms with Crippen molar-refractivity contribution in [3.63, 3.8) is 0 Å². The van der Waals surface area contributed by atoms with Crippen LogP contribution in [0.25, 0.3) is 5.70 Å². The second-order valence-electron chi connectivity index (χ2n) is 3.59. The molecule has 18 heavy (non-hydrogen) atoms. The van der Waals surface area contributed by atoms with Gasteiger partial charge in [0.1, 0.15) is 0 Å². The fourth-order valence-corrected chi connectivity index (χ4v) is 1.89. The van der Waals surface area contributed by atoms with Crippen LogP contribution in [0.15, 0.2) is 23.6 Å². The molecule has 6 heteroatoms. The second-order valence-corrected chi connectivity index (χ2v) is 5.34. The summed E-state index contributed by atoms with van der Waals surface area (Å²) in [6, 6.07) is 4.75. The van der Waals surface area contributed by atoms with E-state index in [1.807, 2.05) is 6.92 Å². The maximum atomic E-state index is 11.3. The van der Waals surface area contributed by atoms with Crippen molar-refractivity contribution in [1.29, 1.82) is 0 Å². The van der Waals surface area contributed by atoms with E-state index in [4.69, 9.17) is 16.6 Å². The molecule has 1 aromatic carbocycles. The first kappa shape index (κ1) is 12.8. The van der Waals surface area contributed by atoms with Gasteiger partial charge in [-0.15, -0.1) is 0 Å². The summed E-state index contributed by atoms with van der Waals surface area (Å²) in [5, 5.41) is -0.611. The number of hydrogen-bond acceptors (Lipinski definition) is 5. The zero-order valence-corrected chi connectivity index (χ0v) is 11.4. The van der Waals surface area contributed by atoms with Gasteiger partial charge in [0.15, 0.2) is 21.3 Å². The van der Waals surface area contributed by atoms with Crippen LogP contribution in [0, 0.1) is 0 Å². The molecule has 0 unspecified atom stereocenters. The van der Waals surface area contributed by atoms with Gasteiger partial charge < -0.3 is 15.2 Å². The van der Waals surface area contributed by atoms with Crippen LogP contribution in [-0.4, -0.2) is 28.4 Å². The van der Waals surface area contributed by atoms with Crippen LogP contribution in [0.3, 0.4) is 0 Å². The molecule has 0 amide bonds. The van der Waals surface area contributed by atoms with E-state index in [0.29, 0.717) is 23.7 Å². The Morgan fingerprint density at radius 1 is 1.50 bits per heavy atom. The summed E-state index contributed by atoms with van der Waals surface area (Å²) in [6.45, 7) is 2.25. The second kappa shape index (κ2) is 5.77. The van der Waals surface area contributed by atoms with Gasteiger partial charge in [0, 0.05) is 11.8 Å². The number of rotatable bonds is 5. The molecular weight excluding hydrogens is 254 g/mol. The normalized spacial score (nSPS) is 13.6. The molecule has 0 saturated heterocycles.